The van der Waals surface area contributed by atoms with Crippen molar-refractivity contribution < 1.29 is 14.7 Å². The van der Waals surface area contributed by atoms with E-state index in [-0.39, 0.29) is 0 Å². The van der Waals surface area contributed by atoms with Gasteiger partial charge in [-0.1, -0.05) is 11.6 Å². The van der Waals surface area contributed by atoms with Gasteiger partial charge in [0, 0.05) is 22.8 Å². The van der Waals surface area contributed by atoms with Crippen molar-refractivity contribution in [3.63, 3.8) is 0 Å². The van der Waals surface area contributed by atoms with Crippen LogP contribution in [0.5, 0.6) is 11.5 Å². The Bertz CT molecular complexity index is 773. The quantitative estimate of drug-likeness (QED) is 0.300. The number of unbranched alkanes of at least 4 members (excludes halogenated alkanes) is 2. The van der Waals surface area contributed by atoms with E-state index in [0.29, 0.717) is 0 Å². The molecule has 2 heterocycles. The molecular weight excluding hydrogens is 360 g/mol. The highest BCUT2D eigenvalue weighted by Crippen LogP contribution is 2.33. The lowest BCUT2D eigenvalue weighted by molar-refractivity contribution is 0.247. The maximum atomic E-state index is 8.57. The fourth-order valence-electron chi connectivity index (χ4n) is 3.60. The fraction of sp³-hybridized carbons (Fsp3) is 0.476. The van der Waals surface area contributed by atoms with E-state index in [9.17, 15) is 0 Å². The number of fused-ring (bicyclic) bond motifs is 1. The van der Waals surface area contributed by atoms with Crippen molar-refractivity contribution in [2.75, 3.05) is 27.3 Å². The first-order chi connectivity index (χ1) is 13.2. The highest BCUT2D eigenvalue weighted by molar-refractivity contribution is 7.13. The van der Waals surface area contributed by atoms with Gasteiger partial charge in [0.2, 0.25) is 0 Å². The summed E-state index contributed by atoms with van der Waals surface area (Å²) in [6.45, 7) is 3.24. The molecule has 0 spiro atoms. The SMILES string of the molecule is COc1cc2c(cc1OC)CN(CCCCCc1ccc(/C=N/O)s1)CC2. The minimum absolute atomic E-state index is 0.819. The molecule has 1 N–H and O–H groups in total. The normalized spacial score (nSPS) is 14.4. The molecule has 0 saturated carbocycles. The van der Waals surface area contributed by atoms with Gasteiger partial charge in [-0.2, -0.15) is 0 Å². The summed E-state index contributed by atoms with van der Waals surface area (Å²) in [6, 6.07) is 8.39. The van der Waals surface area contributed by atoms with Gasteiger partial charge in [0.25, 0.3) is 0 Å². The number of hydrogen-bond donors (Lipinski definition) is 1. The largest absolute Gasteiger partial charge is 0.493 e. The van der Waals surface area contributed by atoms with E-state index in [2.05, 4.69) is 28.3 Å². The van der Waals surface area contributed by atoms with Crippen molar-refractivity contribution in [2.24, 2.45) is 5.16 Å². The molecule has 0 amide bonds. The zero-order valence-electron chi connectivity index (χ0n) is 16.1. The third-order valence-corrected chi connectivity index (χ3v) is 6.14. The number of methoxy groups -OCH3 is 2. The Labute approximate surface area is 165 Å². The number of aryl methyl sites for hydroxylation is 1. The van der Waals surface area contributed by atoms with E-state index < -0.39 is 0 Å². The number of oxime groups is 1. The van der Waals surface area contributed by atoms with Crippen molar-refractivity contribution in [3.05, 3.63) is 45.1 Å². The van der Waals surface area contributed by atoms with Gasteiger partial charge < -0.3 is 14.7 Å². The number of ether oxygens (including phenoxy) is 2. The molecule has 0 unspecified atom stereocenters. The van der Waals surface area contributed by atoms with Gasteiger partial charge in [-0.15, -0.1) is 11.3 Å². The number of thiophene rings is 1. The lowest BCUT2D eigenvalue weighted by Gasteiger charge is -2.29. The first kappa shape index (κ1) is 19.7. The van der Waals surface area contributed by atoms with Crippen LogP contribution in [-0.2, 0) is 19.4 Å². The van der Waals surface area contributed by atoms with Gasteiger partial charge in [0.05, 0.1) is 20.4 Å². The molecule has 1 aromatic heterocycles. The molecule has 1 aliphatic heterocycles. The Kier molecular flexibility index (Phi) is 7.12. The number of nitrogens with zero attached hydrogens (tertiary/aromatic N) is 2. The highest BCUT2D eigenvalue weighted by Gasteiger charge is 2.19. The van der Waals surface area contributed by atoms with Crippen LogP contribution in [0.15, 0.2) is 29.4 Å². The molecule has 1 aliphatic rings. The number of hydrogen-bond acceptors (Lipinski definition) is 6. The summed E-state index contributed by atoms with van der Waals surface area (Å²) in [5.74, 6) is 1.64. The van der Waals surface area contributed by atoms with E-state index in [1.54, 1.807) is 25.6 Å². The van der Waals surface area contributed by atoms with Crippen LogP contribution in [0.1, 0.15) is 40.1 Å². The first-order valence-corrected chi connectivity index (χ1v) is 10.3. The average Bonchev–Trinajstić information content (AvgIpc) is 3.14. The summed E-state index contributed by atoms with van der Waals surface area (Å²) >= 11 is 1.70. The van der Waals surface area contributed by atoms with Crippen LogP contribution in [0.3, 0.4) is 0 Å². The molecule has 0 fully saturated rings. The van der Waals surface area contributed by atoms with Crippen LogP contribution in [0.4, 0.5) is 0 Å². The molecule has 0 saturated heterocycles. The zero-order valence-corrected chi connectivity index (χ0v) is 16.9. The fourth-order valence-corrected chi connectivity index (χ4v) is 4.52. The summed E-state index contributed by atoms with van der Waals surface area (Å²) in [5.41, 5.74) is 2.74. The second-order valence-electron chi connectivity index (χ2n) is 6.86. The monoisotopic (exact) mass is 388 g/mol. The summed E-state index contributed by atoms with van der Waals surface area (Å²) < 4.78 is 10.9. The molecule has 146 valence electrons. The predicted molar refractivity (Wildman–Crippen MR) is 110 cm³/mol. The second-order valence-corrected chi connectivity index (χ2v) is 8.06. The predicted octanol–water partition coefficient (Wildman–Crippen LogP) is 4.34. The molecule has 0 bridgehead atoms. The summed E-state index contributed by atoms with van der Waals surface area (Å²) in [6.07, 6.45) is 7.32. The molecule has 5 nitrogen and oxygen atoms in total. The number of benzene rings is 1. The maximum absolute atomic E-state index is 8.57. The molecule has 0 aliphatic carbocycles. The molecule has 1 aromatic carbocycles. The summed E-state index contributed by atoms with van der Waals surface area (Å²) in [7, 11) is 3.38. The average molecular weight is 389 g/mol. The zero-order chi connectivity index (χ0) is 19.1. The third-order valence-electron chi connectivity index (χ3n) is 5.06. The van der Waals surface area contributed by atoms with Gasteiger partial charge in [-0.25, -0.2) is 0 Å². The van der Waals surface area contributed by atoms with Gasteiger partial charge in [0.1, 0.15) is 0 Å². The van der Waals surface area contributed by atoms with Crippen LogP contribution in [0.25, 0.3) is 0 Å². The lowest BCUT2D eigenvalue weighted by atomic mass is 9.98. The van der Waals surface area contributed by atoms with E-state index >= 15 is 0 Å². The van der Waals surface area contributed by atoms with Crippen LogP contribution in [0.2, 0.25) is 0 Å². The van der Waals surface area contributed by atoms with E-state index in [0.717, 1.165) is 48.9 Å². The van der Waals surface area contributed by atoms with Crippen molar-refractivity contribution in [3.8, 4) is 11.5 Å². The second kappa shape index (κ2) is 9.76. The van der Waals surface area contributed by atoms with Crippen LogP contribution in [0, 0.1) is 0 Å². The van der Waals surface area contributed by atoms with Crippen molar-refractivity contribution in [1.82, 2.24) is 4.90 Å². The van der Waals surface area contributed by atoms with Crippen molar-refractivity contribution in [2.45, 2.75) is 38.6 Å². The smallest absolute Gasteiger partial charge is 0.161 e. The van der Waals surface area contributed by atoms with Gasteiger partial charge in [-0.3, -0.25) is 4.90 Å². The molecule has 27 heavy (non-hydrogen) atoms. The lowest BCUT2D eigenvalue weighted by Crippen LogP contribution is -2.31. The van der Waals surface area contributed by atoms with E-state index in [1.165, 1.54) is 41.5 Å². The van der Waals surface area contributed by atoms with Crippen molar-refractivity contribution >= 4 is 17.6 Å². The van der Waals surface area contributed by atoms with Crippen molar-refractivity contribution in [1.29, 1.82) is 0 Å². The Morgan fingerprint density at radius 1 is 1.11 bits per heavy atom. The first-order valence-electron chi connectivity index (χ1n) is 9.45. The van der Waals surface area contributed by atoms with Crippen LogP contribution < -0.4 is 9.47 Å². The minimum Gasteiger partial charge on any atom is -0.493 e. The Morgan fingerprint density at radius 2 is 1.89 bits per heavy atom. The molecular formula is C21H28N2O3S. The summed E-state index contributed by atoms with van der Waals surface area (Å²) in [5, 5.41) is 11.7. The molecule has 0 atom stereocenters. The Balaban J connectivity index is 1.42. The maximum Gasteiger partial charge on any atom is 0.161 e. The molecule has 2 aromatic rings. The minimum atomic E-state index is 0.819. The van der Waals surface area contributed by atoms with Crippen LogP contribution >= 0.6 is 11.3 Å². The Hall–Kier alpha value is -2.05. The summed E-state index contributed by atoms with van der Waals surface area (Å²) in [4.78, 5) is 4.90. The number of rotatable bonds is 9. The molecule has 3 rings (SSSR count). The van der Waals surface area contributed by atoms with Gasteiger partial charge in [0.15, 0.2) is 11.5 Å². The van der Waals surface area contributed by atoms with Gasteiger partial charge in [-0.05, 0) is 67.6 Å². The third kappa shape index (κ3) is 5.23. The van der Waals surface area contributed by atoms with E-state index in [4.69, 9.17) is 14.7 Å². The van der Waals surface area contributed by atoms with Gasteiger partial charge >= 0.3 is 0 Å². The van der Waals surface area contributed by atoms with E-state index in [1.807, 2.05) is 6.07 Å². The standard InChI is InChI=1S/C21H28N2O3S/c1-25-20-12-16-9-11-23(15-17(16)13-21(20)26-2)10-5-3-4-6-18-7-8-19(27-18)14-22-24/h7-8,12-14,24H,3-6,9-11,15H2,1-2H3/b22-14+. The topological polar surface area (TPSA) is 54.3 Å². The Morgan fingerprint density at radius 3 is 2.63 bits per heavy atom. The molecule has 0 radical (unpaired) electrons. The molecule has 6 heteroatoms. The van der Waals surface area contributed by atoms with Crippen LogP contribution in [-0.4, -0.2) is 43.6 Å². The highest BCUT2D eigenvalue weighted by atomic mass is 32.1.